The molecule has 0 heterocycles. The first-order chi connectivity index (χ1) is 6.00. The van der Waals surface area contributed by atoms with E-state index in [1.54, 1.807) is 0 Å². The molecule has 0 aromatic rings. The Morgan fingerprint density at radius 3 is 0.562 bits per heavy atom. The van der Waals surface area contributed by atoms with Gasteiger partial charge in [-0.2, -0.15) is 25.3 Å². The third-order valence-corrected chi connectivity index (χ3v) is 0. The van der Waals surface area contributed by atoms with Crippen molar-refractivity contribution in [2.45, 2.75) is 0 Å². The zero-order chi connectivity index (χ0) is 13.5. The van der Waals surface area contributed by atoms with Crippen LogP contribution in [-0.2, 0) is 47.4 Å². The minimum atomic E-state index is -3.67. The van der Waals surface area contributed by atoms with Crippen LogP contribution < -0.4 is 0 Å². The molecule has 0 atom stereocenters. The van der Waals surface area contributed by atoms with Crippen molar-refractivity contribution in [3.05, 3.63) is 0 Å². The molecule has 0 saturated heterocycles. The van der Waals surface area contributed by atoms with Gasteiger partial charge >= 0.3 is 0 Å². The van der Waals surface area contributed by atoms with Gasteiger partial charge < -0.3 is 0 Å². The first-order valence-electron chi connectivity index (χ1n) is 2.77. The second-order valence-electron chi connectivity index (χ2n) is 2.20. The molecule has 9 nitrogen and oxygen atoms in total. The molecule has 107 valence electrons. The van der Waals surface area contributed by atoms with Crippen LogP contribution in [0.25, 0.3) is 0 Å². The summed E-state index contributed by atoms with van der Waals surface area (Å²) in [6, 6.07) is 0. The summed E-state index contributed by atoms with van der Waals surface area (Å²) < 4.78 is 77.6. The molecule has 0 rings (SSSR count). The zero-order valence-electron chi connectivity index (χ0n) is 8.32. The van der Waals surface area contributed by atoms with E-state index in [0.29, 0.717) is 18.8 Å². The Balaban J connectivity index is -0.0000000655. The molecule has 0 aromatic carbocycles. The molecule has 0 aliphatic carbocycles. The zero-order valence-corrected chi connectivity index (χ0v) is 11.7. The molecule has 13 heteroatoms. The first-order valence-corrected chi connectivity index (χ1v) is 8.32. The maximum absolute atomic E-state index is 9.19. The van der Waals surface area contributed by atoms with Crippen LogP contribution in [0.2, 0.25) is 0 Å². The fraction of sp³-hybridized carbons (Fsp3) is 1.00. The van der Waals surface area contributed by atoms with Crippen LogP contribution in [0, 0.1) is 0 Å². The Bertz CT molecular complexity index is 347. The van der Waals surface area contributed by atoms with Gasteiger partial charge in [0.2, 0.25) is 0 Å². The third kappa shape index (κ3) is 40200. The van der Waals surface area contributed by atoms with Gasteiger partial charge in [-0.25, -0.2) is 0 Å². The second-order valence-corrected chi connectivity index (χ2v) is 6.60. The van der Waals surface area contributed by atoms with E-state index in [9.17, 15) is 25.3 Å². The average molecular weight is 352 g/mol. The molecule has 0 unspecified atom stereocenters. The molecular weight excluding hydrogens is 340 g/mol. The first kappa shape index (κ1) is 25.2. The largest absolute Gasteiger partial charge is 0.286 e. The predicted octanol–water partition coefficient (Wildman–Crippen LogP) is -1.49. The van der Waals surface area contributed by atoms with Crippen molar-refractivity contribution in [2.75, 3.05) is 18.8 Å². The van der Waals surface area contributed by atoms with Gasteiger partial charge in [0.25, 0.3) is 30.4 Å². The standard InChI is InChI=1S/3CH4O3S.Cu/c3*1-5(2,3)4;/h3*1H3,(H,2,3,4);. The molecule has 3 N–H and O–H groups in total. The Kier molecular flexibility index (Phi) is 14.6. The summed E-state index contributed by atoms with van der Waals surface area (Å²) in [5, 5.41) is 0. The van der Waals surface area contributed by atoms with Crippen LogP contribution in [0.15, 0.2) is 0 Å². The van der Waals surface area contributed by atoms with E-state index in [2.05, 4.69) is 0 Å². The van der Waals surface area contributed by atoms with Crippen LogP contribution in [0.1, 0.15) is 0 Å². The quantitative estimate of drug-likeness (QED) is 0.348. The second kappa shape index (κ2) is 9.30. The van der Waals surface area contributed by atoms with Crippen molar-refractivity contribution in [1.82, 2.24) is 0 Å². The van der Waals surface area contributed by atoms with Crippen molar-refractivity contribution in [3.8, 4) is 0 Å². The van der Waals surface area contributed by atoms with Crippen molar-refractivity contribution in [1.29, 1.82) is 0 Å². The fourth-order valence-electron chi connectivity index (χ4n) is 0. The minimum Gasteiger partial charge on any atom is -0.286 e. The van der Waals surface area contributed by atoms with E-state index < -0.39 is 30.4 Å². The van der Waals surface area contributed by atoms with Crippen LogP contribution in [-0.4, -0.2) is 57.7 Å². The molecule has 0 saturated carbocycles. The van der Waals surface area contributed by atoms with Gasteiger partial charge in [0, 0.05) is 17.1 Å². The average Bonchev–Trinajstić information content (AvgIpc) is 1.41. The molecule has 0 aliphatic rings. The fourth-order valence-corrected chi connectivity index (χ4v) is 0. The number of hydrogen-bond acceptors (Lipinski definition) is 6. The van der Waals surface area contributed by atoms with Gasteiger partial charge in [-0.3, -0.25) is 13.7 Å². The van der Waals surface area contributed by atoms with Gasteiger partial charge in [-0.15, -0.1) is 0 Å². The van der Waals surface area contributed by atoms with Gasteiger partial charge in [-0.05, 0) is 0 Å². The van der Waals surface area contributed by atoms with E-state index >= 15 is 0 Å². The van der Waals surface area contributed by atoms with Gasteiger partial charge in [0.1, 0.15) is 0 Å². The van der Waals surface area contributed by atoms with E-state index in [-0.39, 0.29) is 17.1 Å². The molecule has 1 radical (unpaired) electrons. The minimum absolute atomic E-state index is 0. The van der Waals surface area contributed by atoms with Gasteiger partial charge in [0.05, 0.1) is 18.8 Å². The summed E-state index contributed by atoms with van der Waals surface area (Å²) in [4.78, 5) is 0. The van der Waals surface area contributed by atoms with Crippen LogP contribution in [0.4, 0.5) is 0 Å². The Labute approximate surface area is 105 Å². The predicted molar refractivity (Wildman–Crippen MR) is 52.4 cm³/mol. The molecule has 16 heavy (non-hydrogen) atoms. The number of hydrogen-bond donors (Lipinski definition) is 3. The SMILES string of the molecule is CS(=O)(=O)O.CS(=O)(=O)O.CS(=O)(=O)O.[Cu]. The maximum Gasteiger partial charge on any atom is 0.261 e. The Morgan fingerprint density at radius 1 is 0.562 bits per heavy atom. The molecule has 0 amide bonds. The third-order valence-electron chi connectivity index (χ3n) is 0. The van der Waals surface area contributed by atoms with Crippen LogP contribution in [0.5, 0.6) is 0 Å². The van der Waals surface area contributed by atoms with E-state index in [1.165, 1.54) is 0 Å². The van der Waals surface area contributed by atoms with Crippen LogP contribution in [0.3, 0.4) is 0 Å². The van der Waals surface area contributed by atoms with E-state index in [4.69, 9.17) is 13.7 Å². The molecule has 0 fully saturated rings. The van der Waals surface area contributed by atoms with Crippen molar-refractivity contribution in [2.24, 2.45) is 0 Å². The van der Waals surface area contributed by atoms with Crippen molar-refractivity contribution < 1.29 is 56.0 Å². The molecule has 0 aliphatic heterocycles. The summed E-state index contributed by atoms with van der Waals surface area (Å²) in [5.74, 6) is 0. The normalized spacial score (nSPS) is 10.9. The maximum atomic E-state index is 9.19. The van der Waals surface area contributed by atoms with Crippen LogP contribution >= 0.6 is 0 Å². The summed E-state index contributed by atoms with van der Waals surface area (Å²) in [5.41, 5.74) is 0. The summed E-state index contributed by atoms with van der Waals surface area (Å²) >= 11 is 0. The molecular formula is C3H12CuO9S3. The van der Waals surface area contributed by atoms with Gasteiger partial charge in [-0.1, -0.05) is 0 Å². The smallest absolute Gasteiger partial charge is 0.261 e. The molecule has 0 spiro atoms. The summed E-state index contributed by atoms with van der Waals surface area (Å²) in [6.07, 6.45) is 2.15. The van der Waals surface area contributed by atoms with Gasteiger partial charge in [0.15, 0.2) is 0 Å². The monoisotopic (exact) mass is 351 g/mol. The number of rotatable bonds is 0. The summed E-state index contributed by atoms with van der Waals surface area (Å²) in [7, 11) is -11.0. The van der Waals surface area contributed by atoms with Crippen molar-refractivity contribution >= 4 is 30.4 Å². The molecule has 0 bridgehead atoms. The Morgan fingerprint density at radius 2 is 0.562 bits per heavy atom. The van der Waals surface area contributed by atoms with Crippen molar-refractivity contribution in [3.63, 3.8) is 0 Å². The topological polar surface area (TPSA) is 163 Å². The van der Waals surface area contributed by atoms with E-state index in [1.807, 2.05) is 0 Å². The van der Waals surface area contributed by atoms with E-state index in [0.717, 1.165) is 0 Å². The Hall–Kier alpha value is 0.249. The summed E-state index contributed by atoms with van der Waals surface area (Å²) in [6.45, 7) is 0. The molecule has 0 aromatic heterocycles.